The predicted molar refractivity (Wildman–Crippen MR) is 120 cm³/mol. The summed E-state index contributed by atoms with van der Waals surface area (Å²) in [4.78, 5) is 74.6. The number of carboxylic acid groups (broad SMARTS) is 1. The largest absolute Gasteiger partial charge is 0.481 e. The van der Waals surface area contributed by atoms with Crippen molar-refractivity contribution in [3.63, 3.8) is 0 Å². The second-order valence-electron chi connectivity index (χ2n) is 8.79. The zero-order valence-corrected chi connectivity index (χ0v) is 19.5. The number of amides is 4. The minimum atomic E-state index is -1.28. The van der Waals surface area contributed by atoms with Gasteiger partial charge in [0.05, 0.1) is 12.5 Å². The van der Waals surface area contributed by atoms with E-state index >= 15 is 0 Å². The molecule has 2 saturated heterocycles. The quantitative estimate of drug-likeness (QED) is 0.416. The van der Waals surface area contributed by atoms with Gasteiger partial charge < -0.3 is 30.0 Å². The molecule has 3 atom stereocenters. The van der Waals surface area contributed by atoms with Gasteiger partial charge in [-0.2, -0.15) is 0 Å². The van der Waals surface area contributed by atoms with Gasteiger partial charge in [-0.05, 0) is 43.9 Å². The normalized spacial score (nSPS) is 21.8. The summed E-state index contributed by atoms with van der Waals surface area (Å²) in [6.45, 7) is 1.96. The van der Waals surface area contributed by atoms with Crippen LogP contribution in [-0.4, -0.2) is 82.5 Å². The Morgan fingerprint density at radius 2 is 1.92 bits per heavy atom. The lowest BCUT2D eigenvalue weighted by molar-refractivity contribution is -0.176. The number of fused-ring (bicyclic) bond motifs is 2. The Morgan fingerprint density at radius 1 is 1.19 bits per heavy atom. The molecule has 192 valence electrons. The fourth-order valence-electron chi connectivity index (χ4n) is 4.53. The van der Waals surface area contributed by atoms with Gasteiger partial charge >= 0.3 is 5.97 Å². The Labute approximate surface area is 205 Å². The summed E-state index contributed by atoms with van der Waals surface area (Å²) in [6.07, 6.45) is 0.306. The fraction of sp³-hybridized carbons (Fsp3) is 0.478. The van der Waals surface area contributed by atoms with Gasteiger partial charge in [0.2, 0.25) is 18.6 Å². The molecule has 2 fully saturated rings. The van der Waals surface area contributed by atoms with Crippen molar-refractivity contribution in [2.24, 2.45) is 0 Å². The standard InChI is InChI=1S/C23H26N4O9/c1-12-7-17-18(36-11-35-17)9-14(12)21(32)25-15-4-5-19(29)26-6-2-3-16(27(26)23(15)34)22(33)24-13(10-28)8-20(30)31/h7,9-10,13,15-16H,2-6,8,11H2,1H3,(H,24,33)(H,25,32)(H,30,31)/t13-,15-,16-/m0/s1. The molecule has 4 amide bonds. The number of aryl methyl sites for hydroxylation is 1. The molecule has 0 saturated carbocycles. The number of benzene rings is 1. The van der Waals surface area contributed by atoms with Crippen LogP contribution in [0.25, 0.3) is 0 Å². The van der Waals surface area contributed by atoms with Gasteiger partial charge in [0.1, 0.15) is 18.4 Å². The van der Waals surface area contributed by atoms with E-state index in [0.717, 1.165) is 5.01 Å². The van der Waals surface area contributed by atoms with Gasteiger partial charge in [-0.25, -0.2) is 5.01 Å². The van der Waals surface area contributed by atoms with E-state index in [0.29, 0.717) is 29.8 Å². The molecule has 3 aliphatic heterocycles. The zero-order valence-electron chi connectivity index (χ0n) is 19.5. The molecule has 1 aromatic rings. The maximum atomic E-state index is 13.5. The van der Waals surface area contributed by atoms with Crippen molar-refractivity contribution >= 4 is 35.9 Å². The van der Waals surface area contributed by atoms with Crippen molar-refractivity contribution in [1.82, 2.24) is 20.7 Å². The van der Waals surface area contributed by atoms with E-state index in [4.69, 9.17) is 14.6 Å². The number of nitrogens with zero attached hydrogens (tertiary/aromatic N) is 2. The first-order valence-corrected chi connectivity index (χ1v) is 11.5. The molecule has 0 aromatic heterocycles. The van der Waals surface area contributed by atoms with Crippen LogP contribution in [0.4, 0.5) is 0 Å². The van der Waals surface area contributed by atoms with Gasteiger partial charge in [-0.15, -0.1) is 0 Å². The summed E-state index contributed by atoms with van der Waals surface area (Å²) in [6, 6.07) is -0.345. The molecule has 3 N–H and O–H groups in total. The summed E-state index contributed by atoms with van der Waals surface area (Å²) in [5, 5.41) is 16.2. The second-order valence-corrected chi connectivity index (χ2v) is 8.79. The summed E-state index contributed by atoms with van der Waals surface area (Å²) in [5.74, 6) is -2.70. The van der Waals surface area contributed by atoms with Crippen molar-refractivity contribution in [1.29, 1.82) is 0 Å². The molecule has 0 unspecified atom stereocenters. The van der Waals surface area contributed by atoms with Crippen molar-refractivity contribution in [3.05, 3.63) is 23.3 Å². The molecule has 0 aliphatic carbocycles. The van der Waals surface area contributed by atoms with Crippen molar-refractivity contribution in [2.45, 2.75) is 57.2 Å². The molecule has 1 aromatic carbocycles. The number of aliphatic carboxylic acids is 1. The number of hydrazine groups is 1. The van der Waals surface area contributed by atoms with Crippen LogP contribution < -0.4 is 20.1 Å². The van der Waals surface area contributed by atoms with Gasteiger partial charge in [-0.3, -0.25) is 29.0 Å². The van der Waals surface area contributed by atoms with Crippen LogP contribution in [0.15, 0.2) is 12.1 Å². The lowest BCUT2D eigenvalue weighted by atomic mass is 10.0. The predicted octanol–water partition coefficient (Wildman–Crippen LogP) is -0.491. The van der Waals surface area contributed by atoms with E-state index in [-0.39, 0.29) is 44.1 Å². The Morgan fingerprint density at radius 3 is 2.61 bits per heavy atom. The number of nitrogens with one attached hydrogen (secondary N) is 2. The highest BCUT2D eigenvalue weighted by Gasteiger charge is 2.45. The Kier molecular flexibility index (Phi) is 7.08. The first-order valence-electron chi connectivity index (χ1n) is 11.5. The molecule has 13 nitrogen and oxygen atoms in total. The highest BCUT2D eigenvalue weighted by Crippen LogP contribution is 2.34. The summed E-state index contributed by atoms with van der Waals surface area (Å²) in [7, 11) is 0. The first kappa shape index (κ1) is 24.9. The van der Waals surface area contributed by atoms with Crippen LogP contribution in [0.5, 0.6) is 11.5 Å². The Hall–Kier alpha value is -4.16. The maximum Gasteiger partial charge on any atom is 0.305 e. The summed E-state index contributed by atoms with van der Waals surface area (Å²) >= 11 is 0. The first-order chi connectivity index (χ1) is 17.2. The van der Waals surface area contributed by atoms with E-state index in [9.17, 15) is 28.8 Å². The van der Waals surface area contributed by atoms with E-state index in [1.54, 1.807) is 13.0 Å². The van der Waals surface area contributed by atoms with Crippen LogP contribution in [-0.2, 0) is 24.0 Å². The van der Waals surface area contributed by atoms with Crippen LogP contribution in [0.3, 0.4) is 0 Å². The number of carboxylic acids is 1. The van der Waals surface area contributed by atoms with Gasteiger partial charge in [-0.1, -0.05) is 0 Å². The van der Waals surface area contributed by atoms with E-state index in [1.807, 2.05) is 0 Å². The molecular weight excluding hydrogens is 476 g/mol. The number of aldehydes is 1. The smallest absolute Gasteiger partial charge is 0.305 e. The third-order valence-corrected chi connectivity index (χ3v) is 6.32. The second kappa shape index (κ2) is 10.2. The van der Waals surface area contributed by atoms with Gasteiger partial charge in [0.15, 0.2) is 11.5 Å². The van der Waals surface area contributed by atoms with E-state index in [1.165, 1.54) is 11.1 Å². The molecule has 4 rings (SSSR count). The number of carbonyl (C=O) groups is 6. The van der Waals surface area contributed by atoms with Gasteiger partial charge in [0, 0.05) is 18.5 Å². The number of hydrogen-bond donors (Lipinski definition) is 3. The summed E-state index contributed by atoms with van der Waals surface area (Å²) < 4.78 is 10.6. The number of hydrogen-bond acceptors (Lipinski definition) is 8. The van der Waals surface area contributed by atoms with Gasteiger partial charge in [0.25, 0.3) is 11.8 Å². The topological polar surface area (TPSA) is 172 Å². The van der Waals surface area contributed by atoms with E-state index in [2.05, 4.69) is 10.6 Å². The van der Waals surface area contributed by atoms with Crippen molar-refractivity contribution in [2.75, 3.05) is 13.3 Å². The SMILES string of the molecule is Cc1cc2c(cc1C(=O)N[C@H]1CCC(=O)N3CCC[C@@H](C(=O)N[C@H](C=O)CC(=O)O)N3C1=O)OCO2. The number of ether oxygens (including phenoxy) is 2. The fourth-order valence-corrected chi connectivity index (χ4v) is 4.53. The number of rotatable bonds is 7. The third-order valence-electron chi connectivity index (χ3n) is 6.32. The van der Waals surface area contributed by atoms with Crippen molar-refractivity contribution < 1.29 is 43.3 Å². The highest BCUT2D eigenvalue weighted by molar-refractivity contribution is 6.01. The molecule has 3 heterocycles. The molecule has 0 bridgehead atoms. The molecule has 3 aliphatic rings. The van der Waals surface area contributed by atoms with Crippen LogP contribution in [0, 0.1) is 6.92 Å². The number of carbonyl (C=O) groups excluding carboxylic acids is 5. The van der Waals surface area contributed by atoms with Crippen LogP contribution >= 0.6 is 0 Å². The van der Waals surface area contributed by atoms with Crippen molar-refractivity contribution in [3.8, 4) is 11.5 Å². The minimum absolute atomic E-state index is 0.0301. The summed E-state index contributed by atoms with van der Waals surface area (Å²) in [5.41, 5.74) is 0.874. The Balaban J connectivity index is 1.55. The monoisotopic (exact) mass is 502 g/mol. The maximum absolute atomic E-state index is 13.5. The average Bonchev–Trinajstić information content (AvgIpc) is 3.26. The lowest BCUT2D eigenvalue weighted by Gasteiger charge is -2.43. The highest BCUT2D eigenvalue weighted by atomic mass is 16.7. The molecule has 36 heavy (non-hydrogen) atoms. The molecular formula is C23H26N4O9. The van der Waals surface area contributed by atoms with Crippen LogP contribution in [0.1, 0.15) is 48.0 Å². The Bertz CT molecular complexity index is 1120. The third kappa shape index (κ3) is 4.95. The zero-order chi connectivity index (χ0) is 26.0. The molecule has 0 radical (unpaired) electrons. The lowest BCUT2D eigenvalue weighted by Crippen LogP contribution is -2.64. The van der Waals surface area contributed by atoms with E-state index < -0.39 is 48.2 Å². The average molecular weight is 502 g/mol. The minimum Gasteiger partial charge on any atom is -0.481 e. The van der Waals surface area contributed by atoms with Crippen LogP contribution in [0.2, 0.25) is 0 Å². The molecule has 13 heteroatoms. The molecule has 0 spiro atoms.